The summed E-state index contributed by atoms with van der Waals surface area (Å²) < 4.78 is 5.31. The molecule has 0 aliphatic rings. The van der Waals surface area contributed by atoms with E-state index in [1.165, 1.54) is 0 Å². The molecular formula is C11H15N3O. The van der Waals surface area contributed by atoms with Gasteiger partial charge in [-0.1, -0.05) is 11.2 Å². The molecule has 1 aromatic carbocycles. The highest BCUT2D eigenvalue weighted by Gasteiger charge is 2.09. The molecule has 0 radical (unpaired) electrons. The topological polar surface area (TPSA) is 58.0 Å². The van der Waals surface area contributed by atoms with Crippen molar-refractivity contribution in [3.05, 3.63) is 38.8 Å². The number of rotatable bonds is 3. The Morgan fingerprint density at radius 2 is 2.00 bits per heavy atom. The Labute approximate surface area is 89.5 Å². The third-order valence-corrected chi connectivity index (χ3v) is 2.64. The molecule has 0 spiro atoms. The highest BCUT2D eigenvalue weighted by molar-refractivity contribution is 5.48. The summed E-state index contributed by atoms with van der Waals surface area (Å²) in [6.07, 6.45) is 0. The van der Waals surface area contributed by atoms with Crippen molar-refractivity contribution in [1.82, 2.24) is 0 Å². The lowest BCUT2D eigenvalue weighted by atomic mass is 9.99. The first-order valence-corrected chi connectivity index (χ1v) is 4.76. The Morgan fingerprint density at radius 1 is 1.33 bits per heavy atom. The van der Waals surface area contributed by atoms with Gasteiger partial charge in [-0.3, -0.25) is 0 Å². The smallest absolute Gasteiger partial charge is 0.124 e. The van der Waals surface area contributed by atoms with Crippen molar-refractivity contribution < 1.29 is 4.74 Å². The number of aryl methyl sites for hydroxylation is 1. The van der Waals surface area contributed by atoms with Gasteiger partial charge in [0.1, 0.15) is 5.75 Å². The van der Waals surface area contributed by atoms with E-state index in [1.54, 1.807) is 7.11 Å². The molecule has 0 heterocycles. The lowest BCUT2D eigenvalue weighted by molar-refractivity contribution is 0.408. The molecule has 0 aliphatic heterocycles. The molecule has 0 bridgehead atoms. The molecule has 1 aromatic rings. The lowest BCUT2D eigenvalue weighted by Gasteiger charge is -2.14. The van der Waals surface area contributed by atoms with Gasteiger partial charge in [0.2, 0.25) is 0 Å². The Balaban J connectivity index is 3.26. The Bertz CT molecular complexity index is 420. The summed E-state index contributed by atoms with van der Waals surface area (Å²) in [6, 6.07) is 2.01. The van der Waals surface area contributed by atoms with Gasteiger partial charge < -0.3 is 4.74 Å². The molecule has 15 heavy (non-hydrogen) atoms. The fraction of sp³-hybridized carbons (Fsp3) is 0.455. The summed E-state index contributed by atoms with van der Waals surface area (Å²) in [5.74, 6) is 0.914. The fourth-order valence-corrected chi connectivity index (χ4v) is 1.73. The number of nitrogens with zero attached hydrogens (tertiary/aromatic N) is 3. The standard InChI is InChI=1S/C11H15N3O/c1-7-5-10(6-13-14-12)8(2)9(3)11(7)15-4/h5H,6H2,1-4H3. The van der Waals surface area contributed by atoms with Gasteiger partial charge in [-0.25, -0.2) is 0 Å². The summed E-state index contributed by atoms with van der Waals surface area (Å²) in [4.78, 5) is 2.77. The van der Waals surface area contributed by atoms with Crippen molar-refractivity contribution in [3.63, 3.8) is 0 Å². The number of azide groups is 1. The van der Waals surface area contributed by atoms with Crippen molar-refractivity contribution in [2.45, 2.75) is 27.3 Å². The minimum Gasteiger partial charge on any atom is -0.496 e. The Morgan fingerprint density at radius 3 is 2.53 bits per heavy atom. The first kappa shape index (κ1) is 11.4. The molecule has 0 fully saturated rings. The molecule has 0 aliphatic carbocycles. The van der Waals surface area contributed by atoms with Gasteiger partial charge in [0.15, 0.2) is 0 Å². The average Bonchev–Trinajstić information content (AvgIpc) is 2.22. The van der Waals surface area contributed by atoms with E-state index in [-0.39, 0.29) is 0 Å². The zero-order valence-electron chi connectivity index (χ0n) is 9.53. The zero-order valence-corrected chi connectivity index (χ0v) is 9.53. The molecule has 1 rings (SSSR count). The average molecular weight is 205 g/mol. The van der Waals surface area contributed by atoms with Crippen LogP contribution in [0, 0.1) is 20.8 Å². The highest BCUT2D eigenvalue weighted by atomic mass is 16.5. The van der Waals surface area contributed by atoms with Crippen LogP contribution in [0.1, 0.15) is 22.3 Å². The van der Waals surface area contributed by atoms with Gasteiger partial charge >= 0.3 is 0 Å². The maximum Gasteiger partial charge on any atom is 0.124 e. The number of ether oxygens (including phenoxy) is 1. The first-order valence-electron chi connectivity index (χ1n) is 4.76. The molecule has 0 unspecified atom stereocenters. The molecule has 0 atom stereocenters. The van der Waals surface area contributed by atoms with Crippen LogP contribution in [-0.4, -0.2) is 7.11 Å². The zero-order chi connectivity index (χ0) is 11.4. The number of benzene rings is 1. The summed E-state index contributed by atoms with van der Waals surface area (Å²) in [6.45, 7) is 6.42. The van der Waals surface area contributed by atoms with E-state index in [9.17, 15) is 0 Å². The predicted molar refractivity (Wildman–Crippen MR) is 60.1 cm³/mol. The largest absolute Gasteiger partial charge is 0.496 e. The summed E-state index contributed by atoms with van der Waals surface area (Å²) in [5, 5.41) is 3.58. The van der Waals surface area contributed by atoms with E-state index in [0.717, 1.165) is 28.0 Å². The molecular weight excluding hydrogens is 190 g/mol. The van der Waals surface area contributed by atoms with Crippen LogP contribution in [0.25, 0.3) is 10.4 Å². The van der Waals surface area contributed by atoms with Crippen LogP contribution in [0.5, 0.6) is 5.75 Å². The van der Waals surface area contributed by atoms with Gasteiger partial charge in [0.25, 0.3) is 0 Å². The van der Waals surface area contributed by atoms with Gasteiger partial charge in [0.05, 0.1) is 13.7 Å². The van der Waals surface area contributed by atoms with E-state index in [1.807, 2.05) is 26.8 Å². The van der Waals surface area contributed by atoms with Crippen molar-refractivity contribution in [3.8, 4) is 5.75 Å². The van der Waals surface area contributed by atoms with Gasteiger partial charge in [-0.15, -0.1) is 0 Å². The lowest BCUT2D eigenvalue weighted by Crippen LogP contribution is -1.98. The third kappa shape index (κ3) is 2.22. The first-order chi connectivity index (χ1) is 7.11. The van der Waals surface area contributed by atoms with Crippen LogP contribution in [0.2, 0.25) is 0 Å². The molecule has 0 amide bonds. The molecule has 0 saturated heterocycles. The SMILES string of the molecule is COc1c(C)cc(CN=[N+]=[N-])c(C)c1C. The second-order valence-electron chi connectivity index (χ2n) is 3.52. The normalized spacial score (nSPS) is 9.60. The molecule has 0 saturated carbocycles. The van der Waals surface area contributed by atoms with Crippen LogP contribution < -0.4 is 4.74 Å². The molecule has 4 heteroatoms. The maximum absolute atomic E-state index is 8.29. The van der Waals surface area contributed by atoms with E-state index in [4.69, 9.17) is 10.3 Å². The van der Waals surface area contributed by atoms with Crippen LogP contribution >= 0.6 is 0 Å². The third-order valence-electron chi connectivity index (χ3n) is 2.64. The van der Waals surface area contributed by atoms with Gasteiger partial charge in [0, 0.05) is 4.91 Å². The van der Waals surface area contributed by atoms with Crippen LogP contribution in [-0.2, 0) is 6.54 Å². The molecule has 0 N–H and O–H groups in total. The number of hydrogen-bond donors (Lipinski definition) is 0. The monoisotopic (exact) mass is 205 g/mol. The number of hydrogen-bond acceptors (Lipinski definition) is 2. The van der Waals surface area contributed by atoms with Crippen LogP contribution in [0.4, 0.5) is 0 Å². The molecule has 4 nitrogen and oxygen atoms in total. The number of methoxy groups -OCH3 is 1. The molecule has 0 aromatic heterocycles. The van der Waals surface area contributed by atoms with Gasteiger partial charge in [-0.05, 0) is 48.6 Å². The maximum atomic E-state index is 8.29. The van der Waals surface area contributed by atoms with E-state index >= 15 is 0 Å². The quantitative estimate of drug-likeness (QED) is 0.423. The predicted octanol–water partition coefficient (Wildman–Crippen LogP) is 3.43. The van der Waals surface area contributed by atoms with Crippen molar-refractivity contribution in [2.24, 2.45) is 5.11 Å². The molecule has 80 valence electrons. The minimum absolute atomic E-state index is 0.397. The second-order valence-corrected chi connectivity index (χ2v) is 3.52. The van der Waals surface area contributed by atoms with Crippen molar-refractivity contribution in [2.75, 3.05) is 7.11 Å². The van der Waals surface area contributed by atoms with Crippen LogP contribution in [0.15, 0.2) is 11.2 Å². The van der Waals surface area contributed by atoms with E-state index in [2.05, 4.69) is 10.0 Å². The van der Waals surface area contributed by atoms with Crippen molar-refractivity contribution >= 4 is 0 Å². The highest BCUT2D eigenvalue weighted by Crippen LogP contribution is 2.28. The minimum atomic E-state index is 0.397. The summed E-state index contributed by atoms with van der Waals surface area (Å²) >= 11 is 0. The van der Waals surface area contributed by atoms with Gasteiger partial charge in [-0.2, -0.15) is 0 Å². The van der Waals surface area contributed by atoms with E-state index < -0.39 is 0 Å². The van der Waals surface area contributed by atoms with E-state index in [0.29, 0.717) is 6.54 Å². The Hall–Kier alpha value is -1.67. The summed E-state index contributed by atoms with van der Waals surface area (Å²) in [7, 11) is 1.67. The van der Waals surface area contributed by atoms with Crippen molar-refractivity contribution in [1.29, 1.82) is 0 Å². The summed E-state index contributed by atoms with van der Waals surface area (Å²) in [5.41, 5.74) is 12.7. The van der Waals surface area contributed by atoms with Crippen LogP contribution in [0.3, 0.4) is 0 Å². The fourth-order valence-electron chi connectivity index (χ4n) is 1.73. The Kier molecular flexibility index (Phi) is 3.58. The second kappa shape index (κ2) is 4.71.